The number of halogens is 3. The first-order valence-corrected chi connectivity index (χ1v) is 7.94. The minimum atomic E-state index is -4.62. The molecule has 27 heavy (non-hydrogen) atoms. The first-order valence-electron chi connectivity index (χ1n) is 7.94. The van der Waals surface area contributed by atoms with E-state index in [9.17, 15) is 18.0 Å². The van der Waals surface area contributed by atoms with Gasteiger partial charge >= 0.3 is 6.18 Å². The number of anilines is 2. The Hall–Kier alpha value is -3.36. The summed E-state index contributed by atoms with van der Waals surface area (Å²) in [6.45, 7) is 0. The number of amides is 1. The number of carbonyl (C=O) groups excluding carboxylic acids is 1. The predicted octanol–water partition coefficient (Wildman–Crippen LogP) is 3.60. The van der Waals surface area contributed by atoms with Gasteiger partial charge in [-0.2, -0.15) is 13.2 Å². The lowest BCUT2D eigenvalue weighted by Gasteiger charge is -2.12. The number of carbonyl (C=O) groups is 1. The average molecular weight is 375 g/mol. The fourth-order valence-corrected chi connectivity index (χ4v) is 2.40. The molecule has 6 nitrogen and oxygen atoms in total. The lowest BCUT2D eigenvalue weighted by Crippen LogP contribution is -2.18. The van der Waals surface area contributed by atoms with Gasteiger partial charge in [0.05, 0.1) is 11.9 Å². The van der Waals surface area contributed by atoms with Crippen LogP contribution in [0.1, 0.15) is 16.2 Å². The summed E-state index contributed by atoms with van der Waals surface area (Å²) in [5.41, 5.74) is -0.323. The van der Waals surface area contributed by atoms with E-state index in [1.807, 2.05) is 30.3 Å². The standard InChI is InChI=1S/C18H16F3N5O/c1-25(2)16-14(11-26(24-16)12-7-4-3-5-8-12)23-17(27)13-9-6-10-15(22-13)18(19,20)21/h3-11H,1-2H3,(H,23,27). The molecule has 0 bridgehead atoms. The number of rotatable bonds is 4. The van der Waals surface area contributed by atoms with Gasteiger partial charge in [-0.15, -0.1) is 5.10 Å². The van der Waals surface area contributed by atoms with E-state index in [1.165, 1.54) is 6.07 Å². The van der Waals surface area contributed by atoms with Gasteiger partial charge in [-0.1, -0.05) is 24.3 Å². The first-order chi connectivity index (χ1) is 12.8. The number of benzene rings is 1. The maximum absolute atomic E-state index is 12.8. The fourth-order valence-electron chi connectivity index (χ4n) is 2.40. The highest BCUT2D eigenvalue weighted by atomic mass is 19.4. The molecule has 0 unspecified atom stereocenters. The van der Waals surface area contributed by atoms with Gasteiger partial charge in [0, 0.05) is 14.1 Å². The monoisotopic (exact) mass is 375 g/mol. The van der Waals surface area contributed by atoms with Crippen LogP contribution in [0.15, 0.2) is 54.7 Å². The van der Waals surface area contributed by atoms with Gasteiger partial charge in [-0.3, -0.25) is 4.79 Å². The van der Waals surface area contributed by atoms with Crippen LogP contribution < -0.4 is 10.2 Å². The van der Waals surface area contributed by atoms with Crippen LogP contribution in [-0.4, -0.2) is 34.8 Å². The highest BCUT2D eigenvalue weighted by molar-refractivity contribution is 6.04. The smallest absolute Gasteiger partial charge is 0.360 e. The Bertz CT molecular complexity index is 951. The van der Waals surface area contributed by atoms with Gasteiger partial charge in [0.2, 0.25) is 0 Å². The molecule has 0 atom stereocenters. The minimum Gasteiger partial charge on any atom is -0.360 e. The number of aromatic nitrogens is 3. The predicted molar refractivity (Wildman–Crippen MR) is 95.1 cm³/mol. The number of nitrogens with one attached hydrogen (secondary N) is 1. The number of para-hydroxylation sites is 1. The number of hydrogen-bond donors (Lipinski definition) is 1. The second-order valence-electron chi connectivity index (χ2n) is 5.90. The van der Waals surface area contributed by atoms with Crippen molar-refractivity contribution in [2.24, 2.45) is 0 Å². The zero-order chi connectivity index (χ0) is 19.6. The van der Waals surface area contributed by atoms with Gasteiger partial charge < -0.3 is 10.2 Å². The zero-order valence-electron chi connectivity index (χ0n) is 14.5. The quantitative estimate of drug-likeness (QED) is 0.757. The van der Waals surface area contributed by atoms with E-state index >= 15 is 0 Å². The third-order valence-corrected chi connectivity index (χ3v) is 3.66. The Labute approximate surface area is 153 Å². The van der Waals surface area contributed by atoms with E-state index in [0.29, 0.717) is 11.5 Å². The van der Waals surface area contributed by atoms with Crippen LogP contribution in [0.4, 0.5) is 24.7 Å². The molecule has 0 aliphatic carbocycles. The molecular weight excluding hydrogens is 359 g/mol. The molecule has 2 heterocycles. The Morgan fingerprint density at radius 1 is 1.07 bits per heavy atom. The van der Waals surface area contributed by atoms with E-state index in [2.05, 4.69) is 15.4 Å². The molecule has 0 saturated heterocycles. The molecule has 140 valence electrons. The third kappa shape index (κ3) is 4.08. The fraction of sp³-hybridized carbons (Fsp3) is 0.167. The maximum Gasteiger partial charge on any atom is 0.433 e. The number of nitrogens with zero attached hydrogens (tertiary/aromatic N) is 4. The van der Waals surface area contributed by atoms with Gasteiger partial charge in [0.25, 0.3) is 5.91 Å². The van der Waals surface area contributed by atoms with Crippen molar-refractivity contribution in [2.45, 2.75) is 6.18 Å². The third-order valence-electron chi connectivity index (χ3n) is 3.66. The Morgan fingerprint density at radius 3 is 2.41 bits per heavy atom. The molecule has 0 aliphatic rings. The second-order valence-corrected chi connectivity index (χ2v) is 5.90. The van der Waals surface area contributed by atoms with Crippen molar-refractivity contribution in [3.8, 4) is 5.69 Å². The van der Waals surface area contributed by atoms with Crippen molar-refractivity contribution in [1.82, 2.24) is 14.8 Å². The van der Waals surface area contributed by atoms with Crippen molar-refractivity contribution >= 4 is 17.4 Å². The summed E-state index contributed by atoms with van der Waals surface area (Å²) >= 11 is 0. The molecule has 1 N–H and O–H groups in total. The molecule has 1 aromatic carbocycles. The van der Waals surface area contributed by atoms with Crippen LogP contribution in [-0.2, 0) is 6.18 Å². The van der Waals surface area contributed by atoms with Crippen molar-refractivity contribution in [3.05, 3.63) is 66.1 Å². The molecule has 9 heteroatoms. The van der Waals surface area contributed by atoms with Gasteiger partial charge in [-0.05, 0) is 24.3 Å². The molecule has 3 aromatic rings. The largest absolute Gasteiger partial charge is 0.433 e. The Balaban J connectivity index is 1.91. The molecule has 2 aromatic heterocycles. The van der Waals surface area contributed by atoms with E-state index in [-0.39, 0.29) is 5.69 Å². The van der Waals surface area contributed by atoms with Gasteiger partial charge in [0.15, 0.2) is 5.82 Å². The van der Waals surface area contributed by atoms with Gasteiger partial charge in [-0.25, -0.2) is 9.67 Å². The lowest BCUT2D eigenvalue weighted by molar-refractivity contribution is -0.141. The topological polar surface area (TPSA) is 63.1 Å². The normalized spacial score (nSPS) is 11.3. The molecule has 0 aliphatic heterocycles. The summed E-state index contributed by atoms with van der Waals surface area (Å²) in [6, 6.07) is 12.4. The van der Waals surface area contributed by atoms with Gasteiger partial charge in [0.1, 0.15) is 17.1 Å². The molecule has 0 saturated carbocycles. The SMILES string of the molecule is CN(C)c1nn(-c2ccccc2)cc1NC(=O)c1cccc(C(F)(F)F)n1. The molecule has 0 radical (unpaired) electrons. The number of hydrogen-bond acceptors (Lipinski definition) is 4. The summed E-state index contributed by atoms with van der Waals surface area (Å²) in [5, 5.41) is 6.99. The van der Waals surface area contributed by atoms with Crippen molar-refractivity contribution < 1.29 is 18.0 Å². The molecular formula is C18H16F3N5O. The summed E-state index contributed by atoms with van der Waals surface area (Å²) < 4.78 is 40.0. The zero-order valence-corrected chi connectivity index (χ0v) is 14.5. The van der Waals surface area contributed by atoms with Crippen LogP contribution in [0.5, 0.6) is 0 Å². The van der Waals surface area contributed by atoms with Crippen molar-refractivity contribution in [3.63, 3.8) is 0 Å². The van der Waals surface area contributed by atoms with Crippen LogP contribution in [0.25, 0.3) is 5.69 Å². The van der Waals surface area contributed by atoms with Crippen molar-refractivity contribution in [1.29, 1.82) is 0 Å². The van der Waals surface area contributed by atoms with E-state index in [0.717, 1.165) is 17.8 Å². The molecule has 0 spiro atoms. The number of pyridine rings is 1. The maximum atomic E-state index is 12.8. The first kappa shape index (κ1) is 18.4. The van der Waals surface area contributed by atoms with Crippen molar-refractivity contribution in [2.75, 3.05) is 24.3 Å². The summed E-state index contributed by atoms with van der Waals surface area (Å²) in [4.78, 5) is 17.5. The van der Waals surface area contributed by atoms with Crippen LogP contribution in [0, 0.1) is 0 Å². The summed E-state index contributed by atoms with van der Waals surface area (Å²) in [6.07, 6.45) is -3.03. The second kappa shape index (κ2) is 7.10. The number of alkyl halides is 3. The highest BCUT2D eigenvalue weighted by Gasteiger charge is 2.33. The Kier molecular flexibility index (Phi) is 4.85. The van der Waals surface area contributed by atoms with Crippen LogP contribution in [0.3, 0.4) is 0 Å². The Morgan fingerprint density at radius 2 is 1.78 bits per heavy atom. The molecule has 3 rings (SSSR count). The average Bonchev–Trinajstić information content (AvgIpc) is 3.06. The van der Waals surface area contributed by atoms with E-state index in [4.69, 9.17) is 0 Å². The molecule has 0 fully saturated rings. The summed E-state index contributed by atoms with van der Waals surface area (Å²) in [5.74, 6) is -0.295. The minimum absolute atomic E-state index is 0.331. The van der Waals surface area contributed by atoms with Crippen LogP contribution in [0.2, 0.25) is 0 Å². The highest BCUT2D eigenvalue weighted by Crippen LogP contribution is 2.28. The lowest BCUT2D eigenvalue weighted by atomic mass is 10.2. The summed E-state index contributed by atoms with van der Waals surface area (Å²) in [7, 11) is 3.49. The van der Waals surface area contributed by atoms with E-state index in [1.54, 1.807) is 29.9 Å². The van der Waals surface area contributed by atoms with Crippen LogP contribution >= 0.6 is 0 Å². The van der Waals surface area contributed by atoms with E-state index < -0.39 is 17.8 Å². The molecule has 1 amide bonds.